The molecule has 3 rings (SSSR count). The first-order chi connectivity index (χ1) is 13.3. The van der Waals surface area contributed by atoms with Crippen LogP contribution in [-0.4, -0.2) is 23.3 Å². The molecular formula is C21H21N3O4. The minimum Gasteiger partial charge on any atom is -0.352 e. The van der Waals surface area contributed by atoms with Gasteiger partial charge in [-0.1, -0.05) is 24.3 Å². The zero-order valence-corrected chi connectivity index (χ0v) is 16.0. The Kier molecular flexibility index (Phi) is 5.35. The summed E-state index contributed by atoms with van der Waals surface area (Å²) in [6, 6.07) is 8.31. The fourth-order valence-electron chi connectivity index (χ4n) is 3.18. The molecule has 2 aromatic rings. The Morgan fingerprint density at radius 2 is 1.89 bits per heavy atom. The fraction of sp³-hybridized carbons (Fsp3) is 0.286. The molecule has 144 valence electrons. The van der Waals surface area contributed by atoms with Crippen molar-refractivity contribution in [3.63, 3.8) is 0 Å². The summed E-state index contributed by atoms with van der Waals surface area (Å²) in [6.07, 6.45) is 2.30. The third-order valence-corrected chi connectivity index (χ3v) is 5.06. The monoisotopic (exact) mass is 379 g/mol. The second kappa shape index (κ2) is 7.72. The summed E-state index contributed by atoms with van der Waals surface area (Å²) in [5, 5.41) is 15.4. The van der Waals surface area contributed by atoms with Crippen molar-refractivity contribution >= 4 is 23.6 Å². The molecule has 28 heavy (non-hydrogen) atoms. The van der Waals surface area contributed by atoms with Gasteiger partial charge in [0.1, 0.15) is 0 Å². The van der Waals surface area contributed by atoms with E-state index in [2.05, 4.69) is 10.3 Å². The molecule has 7 heteroatoms. The van der Waals surface area contributed by atoms with E-state index < -0.39 is 16.7 Å². The van der Waals surface area contributed by atoms with Crippen LogP contribution in [0.3, 0.4) is 0 Å². The molecule has 0 bridgehead atoms. The van der Waals surface area contributed by atoms with Crippen molar-refractivity contribution in [2.45, 2.75) is 27.2 Å². The van der Waals surface area contributed by atoms with Gasteiger partial charge >= 0.3 is 0 Å². The molecule has 1 atom stereocenters. The van der Waals surface area contributed by atoms with Crippen molar-refractivity contribution in [1.29, 1.82) is 0 Å². The molecule has 1 heterocycles. The summed E-state index contributed by atoms with van der Waals surface area (Å²) in [6.45, 7) is 5.81. The number of benzene rings is 2. The van der Waals surface area contributed by atoms with Crippen molar-refractivity contribution in [3.05, 3.63) is 73.3 Å². The minimum atomic E-state index is -0.510. The Morgan fingerprint density at radius 3 is 2.61 bits per heavy atom. The molecule has 0 aromatic heterocycles. The van der Waals surface area contributed by atoms with Crippen LogP contribution in [0.4, 0.5) is 5.69 Å². The van der Waals surface area contributed by atoms with Gasteiger partial charge in [-0.05, 0) is 49.6 Å². The lowest BCUT2D eigenvalue weighted by atomic mass is 9.97. The lowest BCUT2D eigenvalue weighted by Gasteiger charge is -2.14. The number of rotatable bonds is 5. The Hall–Kier alpha value is -3.35. The molecule has 0 spiro atoms. The van der Waals surface area contributed by atoms with Crippen molar-refractivity contribution in [3.8, 4) is 0 Å². The van der Waals surface area contributed by atoms with E-state index in [1.807, 2.05) is 32.1 Å². The van der Waals surface area contributed by atoms with Gasteiger partial charge in [-0.15, -0.1) is 0 Å². The average Bonchev–Trinajstić information content (AvgIpc) is 2.66. The first-order valence-corrected chi connectivity index (χ1v) is 9.02. The highest BCUT2D eigenvalue weighted by Crippen LogP contribution is 2.19. The second-order valence-corrected chi connectivity index (χ2v) is 6.97. The number of nitrogens with one attached hydrogen (secondary N) is 1. The van der Waals surface area contributed by atoms with Crippen LogP contribution in [0.1, 0.15) is 33.5 Å². The molecule has 1 N–H and O–H groups in total. The van der Waals surface area contributed by atoms with E-state index in [1.165, 1.54) is 6.07 Å². The predicted molar refractivity (Wildman–Crippen MR) is 104 cm³/mol. The molecule has 1 aliphatic rings. The molecule has 0 aliphatic carbocycles. The summed E-state index contributed by atoms with van der Waals surface area (Å²) < 4.78 is 0. The Balaban J connectivity index is 1.68. The second-order valence-electron chi connectivity index (χ2n) is 6.97. The van der Waals surface area contributed by atoms with Gasteiger partial charge in [0.2, 0.25) is 0 Å². The van der Waals surface area contributed by atoms with E-state index >= 15 is 0 Å². The zero-order valence-electron chi connectivity index (χ0n) is 16.0. The van der Waals surface area contributed by atoms with Gasteiger partial charge in [-0.25, -0.2) is 4.99 Å². The van der Waals surface area contributed by atoms with E-state index in [4.69, 9.17) is 0 Å². The van der Waals surface area contributed by atoms with Gasteiger partial charge in [-0.3, -0.25) is 19.7 Å². The van der Waals surface area contributed by atoms with Gasteiger partial charge in [0.25, 0.3) is 17.5 Å². The van der Waals surface area contributed by atoms with Crippen LogP contribution in [0.15, 0.2) is 35.3 Å². The first-order valence-electron chi connectivity index (χ1n) is 9.02. The largest absolute Gasteiger partial charge is 0.352 e. The van der Waals surface area contributed by atoms with Crippen molar-refractivity contribution in [1.82, 2.24) is 5.32 Å². The summed E-state index contributed by atoms with van der Waals surface area (Å²) >= 11 is 0. The molecule has 0 saturated heterocycles. The molecule has 0 fully saturated rings. The summed E-state index contributed by atoms with van der Waals surface area (Å²) in [4.78, 5) is 39.4. The van der Waals surface area contributed by atoms with Gasteiger partial charge in [-0.2, -0.15) is 0 Å². The lowest BCUT2D eigenvalue weighted by Crippen LogP contribution is -2.37. The molecule has 1 aliphatic heterocycles. The summed E-state index contributed by atoms with van der Waals surface area (Å²) in [5.41, 5.74) is 2.70. The fourth-order valence-corrected chi connectivity index (χ4v) is 3.18. The molecule has 2 aromatic carbocycles. The van der Waals surface area contributed by atoms with E-state index in [-0.39, 0.29) is 23.7 Å². The number of nitro benzene ring substituents is 1. The number of nitrogens with zero attached hydrogens (tertiary/aromatic N) is 2. The van der Waals surface area contributed by atoms with Gasteiger partial charge < -0.3 is 5.32 Å². The van der Waals surface area contributed by atoms with Crippen LogP contribution in [-0.2, 0) is 4.79 Å². The number of nitro groups is 1. The quantitative estimate of drug-likeness (QED) is 0.633. The maximum atomic E-state index is 12.3. The third kappa shape index (κ3) is 3.83. The zero-order chi connectivity index (χ0) is 20.4. The van der Waals surface area contributed by atoms with Crippen LogP contribution in [0, 0.1) is 36.8 Å². The summed E-state index contributed by atoms with van der Waals surface area (Å²) in [7, 11) is 0. The summed E-state index contributed by atoms with van der Waals surface area (Å²) in [5.74, 6) is -1.03. The Bertz CT molecular complexity index is 1110. The van der Waals surface area contributed by atoms with Crippen LogP contribution in [0.5, 0.6) is 0 Å². The van der Waals surface area contributed by atoms with Crippen LogP contribution >= 0.6 is 0 Å². The molecule has 2 amide bonds. The Morgan fingerprint density at radius 1 is 1.18 bits per heavy atom. The van der Waals surface area contributed by atoms with Gasteiger partial charge in [0.05, 0.1) is 16.2 Å². The molecule has 1 unspecified atom stereocenters. The van der Waals surface area contributed by atoms with Gasteiger partial charge in [0, 0.05) is 23.7 Å². The number of amides is 2. The van der Waals surface area contributed by atoms with E-state index in [9.17, 15) is 19.7 Å². The highest BCUT2D eigenvalue weighted by molar-refractivity contribution is 5.95. The van der Waals surface area contributed by atoms with E-state index in [0.29, 0.717) is 12.0 Å². The van der Waals surface area contributed by atoms with E-state index in [0.717, 1.165) is 21.7 Å². The van der Waals surface area contributed by atoms with Crippen LogP contribution < -0.4 is 15.9 Å². The first kappa shape index (κ1) is 19.4. The van der Waals surface area contributed by atoms with Gasteiger partial charge in [0.15, 0.2) is 0 Å². The maximum Gasteiger partial charge on any atom is 0.273 e. The van der Waals surface area contributed by atoms with Crippen LogP contribution in [0.2, 0.25) is 0 Å². The number of aryl methyl sites for hydroxylation is 2. The van der Waals surface area contributed by atoms with Crippen molar-refractivity contribution in [2.24, 2.45) is 10.9 Å². The SMILES string of the molecule is Cc1ccc(C(=O)NCCC2C=c3ccc(C)c(C)c3=NC2=O)cc1[N+](=O)[O-]. The predicted octanol–water partition coefficient (Wildman–Crippen LogP) is 1.90. The Labute approximate surface area is 161 Å². The normalized spacial score (nSPS) is 15.2. The van der Waals surface area contributed by atoms with E-state index in [1.54, 1.807) is 19.1 Å². The lowest BCUT2D eigenvalue weighted by molar-refractivity contribution is -0.385. The minimum absolute atomic E-state index is 0.0930. The molecule has 7 nitrogen and oxygen atoms in total. The maximum absolute atomic E-state index is 12.3. The smallest absolute Gasteiger partial charge is 0.273 e. The molecule has 0 radical (unpaired) electrons. The third-order valence-electron chi connectivity index (χ3n) is 5.06. The average molecular weight is 379 g/mol. The number of carbonyl (C=O) groups excluding carboxylic acids is 2. The highest BCUT2D eigenvalue weighted by Gasteiger charge is 2.20. The highest BCUT2D eigenvalue weighted by atomic mass is 16.6. The molecule has 0 saturated carbocycles. The van der Waals surface area contributed by atoms with Crippen molar-refractivity contribution in [2.75, 3.05) is 6.54 Å². The number of hydrogen-bond acceptors (Lipinski definition) is 4. The molecular weight excluding hydrogens is 358 g/mol. The number of hydrogen-bond donors (Lipinski definition) is 1. The van der Waals surface area contributed by atoms with Crippen molar-refractivity contribution < 1.29 is 14.5 Å². The topological polar surface area (TPSA) is 102 Å². The number of fused-ring (bicyclic) bond motifs is 1. The standard InChI is InChI=1S/C21H21N3O4/c1-12-4-6-15-10-17(21(26)23-19(15)14(12)3)8-9-22-20(25)16-7-5-13(2)18(11-16)24(27)28/h4-7,10-11,17H,8-9H2,1-3H3,(H,22,25). The number of carbonyl (C=O) groups is 2. The van der Waals surface area contributed by atoms with Crippen LogP contribution in [0.25, 0.3) is 6.08 Å².